The lowest BCUT2D eigenvalue weighted by Gasteiger charge is -2.17. The number of benzene rings is 1. The molecule has 1 aromatic rings. The fourth-order valence-corrected chi connectivity index (χ4v) is 2.98. The molecule has 0 amide bonds. The summed E-state index contributed by atoms with van der Waals surface area (Å²) < 4.78 is 1.08. The predicted molar refractivity (Wildman–Crippen MR) is 79.6 cm³/mol. The van der Waals surface area contributed by atoms with Crippen LogP contribution in [-0.4, -0.2) is 11.2 Å². The number of rotatable bonds is 3. The second kappa shape index (κ2) is 7.10. The molecule has 0 saturated heterocycles. The zero-order valence-corrected chi connectivity index (χ0v) is 12.3. The van der Waals surface area contributed by atoms with Gasteiger partial charge in [-0.3, -0.25) is 0 Å². The molecule has 0 bridgehead atoms. The van der Waals surface area contributed by atoms with Crippen molar-refractivity contribution in [2.45, 2.75) is 51.0 Å². The van der Waals surface area contributed by atoms with Gasteiger partial charge < -0.3 is 5.11 Å². The quantitative estimate of drug-likeness (QED) is 0.807. The van der Waals surface area contributed by atoms with Crippen LogP contribution in [0.1, 0.15) is 44.1 Å². The third-order valence-corrected chi connectivity index (χ3v) is 4.07. The molecule has 18 heavy (non-hydrogen) atoms. The van der Waals surface area contributed by atoms with Crippen molar-refractivity contribution >= 4 is 15.9 Å². The fourth-order valence-electron chi connectivity index (χ4n) is 2.54. The first kappa shape index (κ1) is 13.8. The van der Waals surface area contributed by atoms with Crippen molar-refractivity contribution < 1.29 is 5.11 Å². The molecule has 0 fully saturated rings. The Hall–Kier alpha value is -0.600. The van der Waals surface area contributed by atoms with Crippen molar-refractivity contribution in [3.05, 3.63) is 46.0 Å². The van der Waals surface area contributed by atoms with Gasteiger partial charge in [0.15, 0.2) is 0 Å². The maximum Gasteiger partial charge on any atom is 0.0790 e. The van der Waals surface area contributed by atoms with Gasteiger partial charge >= 0.3 is 0 Å². The summed E-state index contributed by atoms with van der Waals surface area (Å²) in [7, 11) is 0. The minimum atomic E-state index is -0.308. The molecule has 0 heterocycles. The number of aliphatic hydroxyl groups excluding tert-OH is 1. The first-order chi connectivity index (χ1) is 8.75. The van der Waals surface area contributed by atoms with Crippen molar-refractivity contribution in [1.29, 1.82) is 0 Å². The third-order valence-electron chi connectivity index (χ3n) is 3.57. The van der Waals surface area contributed by atoms with Gasteiger partial charge in [-0.2, -0.15) is 0 Å². The van der Waals surface area contributed by atoms with E-state index in [0.29, 0.717) is 0 Å². The van der Waals surface area contributed by atoms with Crippen molar-refractivity contribution in [1.82, 2.24) is 0 Å². The Kier molecular flexibility index (Phi) is 5.45. The Labute approximate surface area is 118 Å². The van der Waals surface area contributed by atoms with Crippen molar-refractivity contribution in [2.75, 3.05) is 0 Å². The van der Waals surface area contributed by atoms with Gasteiger partial charge in [-0.25, -0.2) is 0 Å². The summed E-state index contributed by atoms with van der Waals surface area (Å²) in [6.07, 6.45) is 10.0. The van der Waals surface area contributed by atoms with E-state index in [-0.39, 0.29) is 6.10 Å². The van der Waals surface area contributed by atoms with Crippen LogP contribution in [0.15, 0.2) is 40.4 Å². The molecule has 2 rings (SSSR count). The first-order valence-electron chi connectivity index (χ1n) is 6.87. The Morgan fingerprint density at radius 3 is 2.83 bits per heavy atom. The minimum Gasteiger partial charge on any atom is -0.388 e. The van der Waals surface area contributed by atoms with Crippen molar-refractivity contribution in [2.24, 2.45) is 0 Å². The molecule has 0 spiro atoms. The summed E-state index contributed by atoms with van der Waals surface area (Å²) in [4.78, 5) is 0. The van der Waals surface area contributed by atoms with E-state index >= 15 is 0 Å². The van der Waals surface area contributed by atoms with Gasteiger partial charge in [0.1, 0.15) is 0 Å². The van der Waals surface area contributed by atoms with Crippen LogP contribution in [0.3, 0.4) is 0 Å². The summed E-state index contributed by atoms with van der Waals surface area (Å²) >= 11 is 3.47. The topological polar surface area (TPSA) is 20.2 Å². The highest BCUT2D eigenvalue weighted by molar-refractivity contribution is 9.10. The van der Waals surface area contributed by atoms with E-state index in [9.17, 15) is 5.11 Å². The molecule has 1 atom stereocenters. The molecule has 2 heteroatoms. The minimum absolute atomic E-state index is 0.308. The molecule has 1 unspecified atom stereocenters. The summed E-state index contributed by atoms with van der Waals surface area (Å²) in [6, 6.07) is 8.22. The number of halogens is 1. The molecule has 1 aliphatic carbocycles. The van der Waals surface area contributed by atoms with Gasteiger partial charge in [0, 0.05) is 10.9 Å². The largest absolute Gasteiger partial charge is 0.388 e. The second-order valence-corrected chi connectivity index (χ2v) is 6.00. The lowest BCUT2D eigenvalue weighted by atomic mass is 9.93. The van der Waals surface area contributed by atoms with Crippen LogP contribution >= 0.6 is 15.9 Å². The molecule has 0 radical (unpaired) electrons. The molecule has 1 nitrogen and oxygen atoms in total. The number of aliphatic hydroxyl groups is 1. The third kappa shape index (κ3) is 4.25. The molecule has 0 saturated carbocycles. The van der Waals surface area contributed by atoms with Crippen LogP contribution in [-0.2, 0) is 6.42 Å². The maximum absolute atomic E-state index is 10.4. The average molecular weight is 309 g/mol. The van der Waals surface area contributed by atoms with Gasteiger partial charge in [0.05, 0.1) is 6.10 Å². The second-order valence-electron chi connectivity index (χ2n) is 5.08. The van der Waals surface area contributed by atoms with E-state index in [1.54, 1.807) is 0 Å². The highest BCUT2D eigenvalue weighted by Crippen LogP contribution is 2.22. The van der Waals surface area contributed by atoms with Gasteiger partial charge in [-0.05, 0) is 49.0 Å². The zero-order chi connectivity index (χ0) is 12.8. The number of allylic oxidation sites excluding steroid dienone is 1. The summed E-state index contributed by atoms with van der Waals surface area (Å²) in [5.74, 6) is 0. The fraction of sp³-hybridized carbons (Fsp3) is 0.500. The normalized spacial score (nSPS) is 21.6. The highest BCUT2D eigenvalue weighted by atomic mass is 79.9. The van der Waals surface area contributed by atoms with E-state index < -0.39 is 0 Å². The molecule has 1 aromatic carbocycles. The van der Waals surface area contributed by atoms with Crippen LogP contribution in [0.5, 0.6) is 0 Å². The van der Waals surface area contributed by atoms with Crippen LogP contribution in [0.25, 0.3) is 0 Å². The van der Waals surface area contributed by atoms with E-state index in [1.165, 1.54) is 36.8 Å². The number of hydrogen-bond acceptors (Lipinski definition) is 1. The van der Waals surface area contributed by atoms with Crippen LogP contribution < -0.4 is 0 Å². The molecule has 1 N–H and O–H groups in total. The maximum atomic E-state index is 10.4. The van der Waals surface area contributed by atoms with E-state index in [1.807, 2.05) is 12.1 Å². The van der Waals surface area contributed by atoms with Crippen molar-refractivity contribution in [3.63, 3.8) is 0 Å². The lowest BCUT2D eigenvalue weighted by Crippen LogP contribution is -2.14. The molecular weight excluding hydrogens is 288 g/mol. The number of hydrogen-bond donors (Lipinski definition) is 1. The zero-order valence-electron chi connectivity index (χ0n) is 10.7. The molecule has 98 valence electrons. The smallest absolute Gasteiger partial charge is 0.0790 e. The average Bonchev–Trinajstić information content (AvgIpc) is 2.28. The van der Waals surface area contributed by atoms with E-state index in [0.717, 1.165) is 23.7 Å². The Morgan fingerprint density at radius 2 is 2.00 bits per heavy atom. The van der Waals surface area contributed by atoms with Gasteiger partial charge in [0.25, 0.3) is 0 Å². The standard InChI is InChI=1S/C16H21BrO/c17-15-10-6-7-13(11-15)12-16(18)14-8-4-2-1-3-5-9-14/h6-8,10-11,16,18H,1-5,9,12H2/b14-8+. The lowest BCUT2D eigenvalue weighted by molar-refractivity contribution is 0.205. The summed E-state index contributed by atoms with van der Waals surface area (Å²) in [5, 5.41) is 10.4. The Morgan fingerprint density at radius 1 is 1.17 bits per heavy atom. The Bertz CT molecular complexity index is 411. The summed E-state index contributed by atoms with van der Waals surface area (Å²) in [6.45, 7) is 0. The van der Waals surface area contributed by atoms with Gasteiger partial charge in [0.2, 0.25) is 0 Å². The predicted octanol–water partition coefficient (Wildman–Crippen LogP) is 4.63. The Balaban J connectivity index is 1.99. The SMILES string of the molecule is OC(Cc1cccc(Br)c1)/C1=C/CCCCCC1. The van der Waals surface area contributed by atoms with Gasteiger partial charge in [-0.1, -0.05) is 47.0 Å². The molecule has 0 aromatic heterocycles. The van der Waals surface area contributed by atoms with Crippen LogP contribution in [0, 0.1) is 0 Å². The van der Waals surface area contributed by atoms with E-state index in [4.69, 9.17) is 0 Å². The monoisotopic (exact) mass is 308 g/mol. The molecule has 0 aliphatic heterocycles. The summed E-state index contributed by atoms with van der Waals surface area (Å²) in [5.41, 5.74) is 2.44. The molecule has 1 aliphatic rings. The van der Waals surface area contributed by atoms with E-state index in [2.05, 4.69) is 34.1 Å². The van der Waals surface area contributed by atoms with Crippen LogP contribution in [0.4, 0.5) is 0 Å². The first-order valence-corrected chi connectivity index (χ1v) is 7.66. The highest BCUT2D eigenvalue weighted by Gasteiger charge is 2.12. The van der Waals surface area contributed by atoms with Gasteiger partial charge in [-0.15, -0.1) is 0 Å². The molecular formula is C16H21BrO. The van der Waals surface area contributed by atoms with Crippen LogP contribution in [0.2, 0.25) is 0 Å². The van der Waals surface area contributed by atoms with Crippen molar-refractivity contribution in [3.8, 4) is 0 Å².